The molecule has 1 aromatic rings. The fourth-order valence-corrected chi connectivity index (χ4v) is 0.958. The van der Waals surface area contributed by atoms with Gasteiger partial charge in [0.25, 0.3) is 0 Å². The van der Waals surface area contributed by atoms with Crippen LogP contribution in [0.1, 0.15) is 19.4 Å². The van der Waals surface area contributed by atoms with Crippen LogP contribution < -0.4 is 5.73 Å². The Morgan fingerprint density at radius 3 is 2.12 bits per heavy atom. The second-order valence-corrected chi connectivity index (χ2v) is 3.85. The molecule has 0 heterocycles. The lowest BCUT2D eigenvalue weighted by molar-refractivity contribution is -0.143. The van der Waals surface area contributed by atoms with Crippen molar-refractivity contribution >= 4 is 12.2 Å². The fraction of sp³-hybridized carbons (Fsp3) is 0.385. The van der Waals surface area contributed by atoms with Gasteiger partial charge in [-0.15, -0.1) is 0 Å². The highest BCUT2D eigenvalue weighted by Crippen LogP contribution is 1.98. The van der Waals surface area contributed by atoms with Crippen LogP contribution in [-0.2, 0) is 9.53 Å². The van der Waals surface area contributed by atoms with Gasteiger partial charge in [0.05, 0.1) is 7.11 Å². The van der Waals surface area contributed by atoms with Crippen LogP contribution in [0.3, 0.4) is 0 Å². The van der Waals surface area contributed by atoms with E-state index in [4.69, 9.17) is 11.1 Å². The van der Waals surface area contributed by atoms with E-state index in [9.17, 15) is 4.79 Å². The van der Waals surface area contributed by atoms with Crippen molar-refractivity contribution in [3.63, 3.8) is 0 Å². The number of carbonyl (C=O) groups excluding carboxylic acids is 1. The van der Waals surface area contributed by atoms with Gasteiger partial charge in [-0.1, -0.05) is 44.2 Å². The maximum atomic E-state index is 10.6. The van der Waals surface area contributed by atoms with E-state index in [-0.39, 0.29) is 11.9 Å². The van der Waals surface area contributed by atoms with Crippen molar-refractivity contribution < 1.29 is 9.53 Å². The van der Waals surface area contributed by atoms with Crippen molar-refractivity contribution in [3.05, 3.63) is 35.9 Å². The molecule has 0 amide bonds. The van der Waals surface area contributed by atoms with Gasteiger partial charge in [-0.05, 0) is 11.5 Å². The number of ether oxygens (including phenoxy) is 1. The fourth-order valence-electron chi connectivity index (χ4n) is 0.958. The molecule has 1 unspecified atom stereocenters. The highest BCUT2D eigenvalue weighted by Gasteiger charge is 2.16. The zero-order valence-corrected chi connectivity index (χ0v) is 10.5. The predicted molar refractivity (Wildman–Crippen MR) is 69.2 cm³/mol. The van der Waals surface area contributed by atoms with Crippen molar-refractivity contribution in [2.75, 3.05) is 7.11 Å². The normalized spacial score (nSPS) is 11.1. The molecule has 17 heavy (non-hydrogen) atoms. The maximum absolute atomic E-state index is 10.6. The Hall–Kier alpha value is -1.68. The van der Waals surface area contributed by atoms with Crippen molar-refractivity contribution in [2.24, 2.45) is 11.7 Å². The molecule has 0 bridgehead atoms. The Labute approximate surface area is 102 Å². The maximum Gasteiger partial charge on any atom is 0.322 e. The number of carbonyl (C=O) groups is 1. The zero-order valence-electron chi connectivity index (χ0n) is 10.5. The number of rotatable bonds is 3. The SMILES string of the molecule is COC(=O)C(N)C(C)C.N=Cc1ccccc1. The van der Waals surface area contributed by atoms with Crippen LogP contribution in [0.5, 0.6) is 0 Å². The molecule has 1 aromatic carbocycles. The van der Waals surface area contributed by atoms with E-state index in [0.717, 1.165) is 5.56 Å². The Balaban J connectivity index is 0.000000302. The van der Waals surface area contributed by atoms with Gasteiger partial charge < -0.3 is 15.9 Å². The molecule has 0 aliphatic rings. The zero-order chi connectivity index (χ0) is 13.3. The van der Waals surface area contributed by atoms with Gasteiger partial charge in [0.1, 0.15) is 6.04 Å². The second-order valence-electron chi connectivity index (χ2n) is 3.85. The standard InChI is InChI=1S/C7H7N.C6H13NO2/c8-6-7-4-2-1-3-5-7;1-4(2)5(7)6(8)9-3/h1-6,8H;4-5H,7H2,1-3H3. The quantitative estimate of drug-likeness (QED) is 0.621. The summed E-state index contributed by atoms with van der Waals surface area (Å²) in [5, 5.41) is 6.82. The molecule has 1 atom stereocenters. The predicted octanol–water partition coefficient (Wildman–Crippen LogP) is 1.83. The van der Waals surface area contributed by atoms with Crippen LogP contribution in [0, 0.1) is 11.3 Å². The van der Waals surface area contributed by atoms with E-state index in [1.165, 1.54) is 13.3 Å². The summed E-state index contributed by atoms with van der Waals surface area (Å²) in [5.41, 5.74) is 6.35. The summed E-state index contributed by atoms with van der Waals surface area (Å²) in [6.07, 6.45) is 1.33. The molecule has 4 nitrogen and oxygen atoms in total. The molecule has 0 spiro atoms. The van der Waals surface area contributed by atoms with E-state index in [0.29, 0.717) is 0 Å². The van der Waals surface area contributed by atoms with Crippen LogP contribution >= 0.6 is 0 Å². The molecule has 0 saturated carbocycles. The summed E-state index contributed by atoms with van der Waals surface area (Å²) in [5.74, 6) is -0.192. The molecule has 0 saturated heterocycles. The molecule has 94 valence electrons. The van der Waals surface area contributed by atoms with Gasteiger partial charge in [-0.2, -0.15) is 0 Å². The first-order valence-electron chi connectivity index (χ1n) is 5.41. The number of methoxy groups -OCH3 is 1. The van der Waals surface area contributed by atoms with E-state index in [2.05, 4.69) is 4.74 Å². The van der Waals surface area contributed by atoms with E-state index >= 15 is 0 Å². The summed E-state index contributed by atoms with van der Waals surface area (Å²) in [6.45, 7) is 3.75. The molecule has 0 radical (unpaired) electrons. The number of nitrogens with two attached hydrogens (primary N) is 1. The number of nitrogens with one attached hydrogen (secondary N) is 1. The monoisotopic (exact) mass is 236 g/mol. The first-order valence-corrected chi connectivity index (χ1v) is 5.41. The van der Waals surface area contributed by atoms with E-state index < -0.39 is 6.04 Å². The Morgan fingerprint density at radius 2 is 1.88 bits per heavy atom. The summed E-state index contributed by atoms with van der Waals surface area (Å²) in [6, 6.07) is 9.09. The van der Waals surface area contributed by atoms with Gasteiger partial charge >= 0.3 is 5.97 Å². The minimum absolute atomic E-state index is 0.150. The summed E-state index contributed by atoms with van der Waals surface area (Å²) < 4.78 is 4.41. The number of benzene rings is 1. The highest BCUT2D eigenvalue weighted by molar-refractivity contribution is 5.76. The topological polar surface area (TPSA) is 76.2 Å². The lowest BCUT2D eigenvalue weighted by atomic mass is 10.1. The third-order valence-corrected chi connectivity index (χ3v) is 2.16. The lowest BCUT2D eigenvalue weighted by Crippen LogP contribution is -2.36. The number of esters is 1. The molecule has 0 aromatic heterocycles. The Kier molecular flexibility index (Phi) is 7.63. The molecule has 4 heteroatoms. The van der Waals surface area contributed by atoms with Gasteiger partial charge in [-0.25, -0.2) is 0 Å². The Bertz CT molecular complexity index is 337. The van der Waals surface area contributed by atoms with Crippen LogP contribution in [-0.4, -0.2) is 25.3 Å². The third-order valence-electron chi connectivity index (χ3n) is 2.16. The van der Waals surface area contributed by atoms with Gasteiger partial charge in [-0.3, -0.25) is 4.79 Å². The van der Waals surface area contributed by atoms with E-state index in [1.54, 1.807) is 0 Å². The van der Waals surface area contributed by atoms with Crippen molar-refractivity contribution in [2.45, 2.75) is 19.9 Å². The molecule has 1 rings (SSSR count). The van der Waals surface area contributed by atoms with Crippen LogP contribution in [0.4, 0.5) is 0 Å². The second kappa shape index (κ2) is 8.47. The summed E-state index contributed by atoms with van der Waals surface area (Å²) >= 11 is 0. The first-order chi connectivity index (χ1) is 8.02. The molecule has 0 aliphatic carbocycles. The number of hydrogen-bond acceptors (Lipinski definition) is 4. The van der Waals surface area contributed by atoms with Gasteiger partial charge in [0.2, 0.25) is 0 Å². The smallest absolute Gasteiger partial charge is 0.322 e. The van der Waals surface area contributed by atoms with Crippen LogP contribution in [0.25, 0.3) is 0 Å². The lowest BCUT2D eigenvalue weighted by Gasteiger charge is -2.11. The minimum atomic E-state index is -0.477. The molecule has 0 fully saturated rings. The summed E-state index contributed by atoms with van der Waals surface area (Å²) in [4.78, 5) is 10.6. The Morgan fingerprint density at radius 1 is 1.35 bits per heavy atom. The average Bonchev–Trinajstić information content (AvgIpc) is 2.38. The first kappa shape index (κ1) is 15.3. The van der Waals surface area contributed by atoms with Crippen molar-refractivity contribution in [1.29, 1.82) is 5.41 Å². The molecular formula is C13H20N2O2. The molecular weight excluding hydrogens is 216 g/mol. The highest BCUT2D eigenvalue weighted by atomic mass is 16.5. The van der Waals surface area contributed by atoms with Crippen molar-refractivity contribution in [3.8, 4) is 0 Å². The molecule has 3 N–H and O–H groups in total. The van der Waals surface area contributed by atoms with Crippen LogP contribution in [0.15, 0.2) is 30.3 Å². The third kappa shape index (κ3) is 6.48. The molecule has 0 aliphatic heterocycles. The largest absolute Gasteiger partial charge is 0.468 e. The van der Waals surface area contributed by atoms with Gasteiger partial charge in [0, 0.05) is 6.21 Å². The van der Waals surface area contributed by atoms with Crippen LogP contribution in [0.2, 0.25) is 0 Å². The average molecular weight is 236 g/mol. The van der Waals surface area contributed by atoms with Gasteiger partial charge in [0.15, 0.2) is 0 Å². The van der Waals surface area contributed by atoms with E-state index in [1.807, 2.05) is 44.2 Å². The summed E-state index contributed by atoms with van der Waals surface area (Å²) in [7, 11) is 1.34. The van der Waals surface area contributed by atoms with Crippen molar-refractivity contribution in [1.82, 2.24) is 0 Å². The minimum Gasteiger partial charge on any atom is -0.468 e. The number of hydrogen-bond donors (Lipinski definition) is 2.